The minimum absolute atomic E-state index is 0.00425. The maximum Gasteiger partial charge on any atom is 0.283 e. The molecule has 8 heteroatoms. The number of aliphatic hydroxyl groups excluding tert-OH is 1. The molecular weight excluding hydrogens is 426 g/mol. The van der Waals surface area contributed by atoms with Crippen LogP contribution in [0.5, 0.6) is 5.75 Å². The summed E-state index contributed by atoms with van der Waals surface area (Å²) in [7, 11) is 1.60. The zero-order chi connectivity index (χ0) is 23.0. The van der Waals surface area contributed by atoms with E-state index in [0.29, 0.717) is 35.3 Å². The van der Waals surface area contributed by atoms with Crippen molar-refractivity contribution in [2.24, 2.45) is 10.5 Å². The molecule has 0 amide bonds. The molecule has 166 valence electrons. The highest BCUT2D eigenvalue weighted by molar-refractivity contribution is 7.17. The number of methoxy groups -OCH3 is 1. The van der Waals surface area contributed by atoms with Crippen molar-refractivity contribution in [1.29, 1.82) is 0 Å². The molecular formula is C24H25N3O4S. The maximum atomic E-state index is 13.5. The first kappa shape index (κ1) is 22.0. The van der Waals surface area contributed by atoms with Crippen LogP contribution in [0.15, 0.2) is 50.9 Å². The molecule has 0 radical (unpaired) electrons. The molecule has 1 aliphatic carbocycles. The summed E-state index contributed by atoms with van der Waals surface area (Å²) < 4.78 is 6.45. The van der Waals surface area contributed by atoms with Gasteiger partial charge in [0.15, 0.2) is 5.78 Å². The number of hydrogen-bond donors (Lipinski definition) is 1. The van der Waals surface area contributed by atoms with Crippen LogP contribution in [0, 0.1) is 5.41 Å². The quantitative estimate of drug-likeness (QED) is 0.566. The zero-order valence-electron chi connectivity index (χ0n) is 18.5. The summed E-state index contributed by atoms with van der Waals surface area (Å²) in [6.45, 7) is 5.76. The number of allylic oxidation sites excluding steroid dienone is 2. The fraction of sp³-hybridized carbons (Fsp3) is 0.333. The number of ether oxygens (including phenoxy) is 1. The summed E-state index contributed by atoms with van der Waals surface area (Å²) in [5, 5.41) is 17.1. The molecule has 0 aliphatic heterocycles. The van der Waals surface area contributed by atoms with E-state index in [9.17, 15) is 14.7 Å². The molecule has 0 spiro atoms. The summed E-state index contributed by atoms with van der Waals surface area (Å²) in [5.41, 5.74) is 1.20. The Morgan fingerprint density at radius 3 is 2.59 bits per heavy atom. The van der Waals surface area contributed by atoms with Crippen LogP contribution in [-0.2, 0) is 11.2 Å². The Balaban J connectivity index is 1.83. The highest BCUT2D eigenvalue weighted by Gasteiger charge is 2.32. The third-order valence-electron chi connectivity index (χ3n) is 5.57. The highest BCUT2D eigenvalue weighted by atomic mass is 32.1. The van der Waals surface area contributed by atoms with Crippen LogP contribution in [0.3, 0.4) is 0 Å². The van der Waals surface area contributed by atoms with E-state index in [0.717, 1.165) is 16.9 Å². The van der Waals surface area contributed by atoms with Gasteiger partial charge in [0.25, 0.3) is 5.56 Å². The fourth-order valence-electron chi connectivity index (χ4n) is 3.92. The van der Waals surface area contributed by atoms with Crippen molar-refractivity contribution in [1.82, 2.24) is 9.66 Å². The average molecular weight is 452 g/mol. The predicted molar refractivity (Wildman–Crippen MR) is 127 cm³/mol. The second kappa shape index (κ2) is 8.35. The molecule has 7 nitrogen and oxygen atoms in total. The normalized spacial score (nSPS) is 16.3. The van der Waals surface area contributed by atoms with Crippen molar-refractivity contribution in [3.05, 3.63) is 57.2 Å². The Bertz CT molecular complexity index is 1310. The van der Waals surface area contributed by atoms with Crippen LogP contribution in [0.2, 0.25) is 0 Å². The number of aryl methyl sites for hydroxylation is 1. The molecule has 1 N–H and O–H groups in total. The van der Waals surface area contributed by atoms with Gasteiger partial charge in [-0.2, -0.15) is 9.78 Å². The molecule has 0 fully saturated rings. The smallest absolute Gasteiger partial charge is 0.283 e. The van der Waals surface area contributed by atoms with Crippen LogP contribution >= 0.6 is 11.3 Å². The van der Waals surface area contributed by atoms with E-state index in [2.05, 4.69) is 10.1 Å². The van der Waals surface area contributed by atoms with E-state index >= 15 is 0 Å². The summed E-state index contributed by atoms with van der Waals surface area (Å²) in [4.78, 5) is 31.3. The number of hydrogen-bond acceptors (Lipinski definition) is 7. The van der Waals surface area contributed by atoms with Gasteiger partial charge in [0, 0.05) is 30.2 Å². The highest BCUT2D eigenvalue weighted by Crippen LogP contribution is 2.35. The minimum atomic E-state index is -0.307. The molecule has 0 atom stereocenters. The number of carbonyl (C=O) groups is 1. The number of aliphatic hydroxyl groups is 1. The van der Waals surface area contributed by atoms with E-state index in [1.165, 1.54) is 22.2 Å². The van der Waals surface area contributed by atoms with Gasteiger partial charge in [0.2, 0.25) is 0 Å². The Labute approximate surface area is 189 Å². The first-order valence-corrected chi connectivity index (χ1v) is 11.3. The SMILES string of the molecule is CCc1nc2scc(-c3ccc(OC)cc3)c2c(=O)n1N=CC1=C(O)CC(C)(C)CC1=O. The van der Waals surface area contributed by atoms with Gasteiger partial charge in [-0.1, -0.05) is 32.9 Å². The topological polar surface area (TPSA) is 93.8 Å². The van der Waals surface area contributed by atoms with E-state index in [1.807, 2.05) is 50.4 Å². The Kier molecular flexibility index (Phi) is 5.73. The summed E-state index contributed by atoms with van der Waals surface area (Å²) >= 11 is 1.41. The van der Waals surface area contributed by atoms with E-state index in [1.54, 1.807) is 7.11 Å². The van der Waals surface area contributed by atoms with Gasteiger partial charge < -0.3 is 9.84 Å². The number of rotatable bonds is 5. The zero-order valence-corrected chi connectivity index (χ0v) is 19.3. The van der Waals surface area contributed by atoms with Crippen LogP contribution < -0.4 is 10.3 Å². The van der Waals surface area contributed by atoms with Crippen LogP contribution in [0.25, 0.3) is 21.3 Å². The molecule has 1 aromatic carbocycles. The summed E-state index contributed by atoms with van der Waals surface area (Å²) in [5.74, 6) is 1.04. The first-order valence-electron chi connectivity index (χ1n) is 10.4. The lowest BCUT2D eigenvalue weighted by molar-refractivity contribution is -0.117. The largest absolute Gasteiger partial charge is 0.511 e. The second-order valence-electron chi connectivity index (χ2n) is 8.60. The lowest BCUT2D eigenvalue weighted by atomic mass is 9.77. The van der Waals surface area contributed by atoms with Crippen molar-refractivity contribution < 1.29 is 14.6 Å². The lowest BCUT2D eigenvalue weighted by Gasteiger charge is -2.28. The molecule has 2 aromatic heterocycles. The first-order chi connectivity index (χ1) is 15.2. The lowest BCUT2D eigenvalue weighted by Crippen LogP contribution is -2.27. The van der Waals surface area contributed by atoms with Gasteiger partial charge in [0.1, 0.15) is 22.2 Å². The van der Waals surface area contributed by atoms with E-state index in [-0.39, 0.29) is 28.1 Å². The molecule has 0 saturated carbocycles. The summed E-state index contributed by atoms with van der Waals surface area (Å²) in [6, 6.07) is 7.47. The van der Waals surface area contributed by atoms with Crippen molar-refractivity contribution in [2.75, 3.05) is 7.11 Å². The number of nitrogens with zero attached hydrogens (tertiary/aromatic N) is 3. The monoisotopic (exact) mass is 451 g/mol. The number of benzene rings is 1. The van der Waals surface area contributed by atoms with Crippen molar-refractivity contribution in [2.45, 2.75) is 40.0 Å². The third-order valence-corrected chi connectivity index (χ3v) is 6.44. The Morgan fingerprint density at radius 2 is 1.97 bits per heavy atom. The minimum Gasteiger partial charge on any atom is -0.511 e. The second-order valence-corrected chi connectivity index (χ2v) is 9.46. The average Bonchev–Trinajstić information content (AvgIpc) is 3.17. The Hall–Kier alpha value is -3.26. The van der Waals surface area contributed by atoms with E-state index < -0.39 is 0 Å². The number of Topliss-reactive ketones (excluding diaryl/α,β-unsaturated/α-hetero) is 1. The molecule has 2 heterocycles. The molecule has 32 heavy (non-hydrogen) atoms. The van der Waals surface area contributed by atoms with Gasteiger partial charge in [-0.15, -0.1) is 11.3 Å². The van der Waals surface area contributed by atoms with Gasteiger partial charge >= 0.3 is 0 Å². The van der Waals surface area contributed by atoms with Crippen molar-refractivity contribution in [3.8, 4) is 16.9 Å². The number of carbonyl (C=O) groups excluding carboxylic acids is 1. The van der Waals surface area contributed by atoms with Gasteiger partial charge in [-0.25, -0.2) is 4.98 Å². The molecule has 1 aliphatic rings. The number of ketones is 1. The number of fused-ring (bicyclic) bond motifs is 1. The van der Waals surface area contributed by atoms with Crippen LogP contribution in [-0.4, -0.2) is 33.9 Å². The molecule has 0 bridgehead atoms. The number of thiophene rings is 1. The molecule has 4 rings (SSSR count). The third kappa shape index (κ3) is 3.98. The summed E-state index contributed by atoms with van der Waals surface area (Å²) in [6.07, 6.45) is 2.49. The van der Waals surface area contributed by atoms with Crippen molar-refractivity contribution >= 4 is 33.6 Å². The fourth-order valence-corrected chi connectivity index (χ4v) is 4.88. The van der Waals surface area contributed by atoms with Crippen LogP contribution in [0.1, 0.15) is 39.4 Å². The molecule has 0 saturated heterocycles. The standard InChI is InChI=1S/C24H25N3O4S/c1-5-20-26-22-21(17(13-32-22)14-6-8-15(31-4)9-7-14)23(30)27(20)25-12-16-18(28)10-24(2,3)11-19(16)29/h6-9,12-13,28H,5,10-11H2,1-4H3. The van der Waals surface area contributed by atoms with Gasteiger partial charge in [0.05, 0.1) is 24.3 Å². The maximum absolute atomic E-state index is 13.5. The van der Waals surface area contributed by atoms with Crippen LogP contribution in [0.4, 0.5) is 0 Å². The number of aromatic nitrogens is 2. The van der Waals surface area contributed by atoms with Crippen molar-refractivity contribution in [3.63, 3.8) is 0 Å². The molecule has 3 aromatic rings. The Morgan fingerprint density at radius 1 is 1.25 bits per heavy atom. The van der Waals surface area contributed by atoms with E-state index in [4.69, 9.17) is 4.74 Å². The predicted octanol–water partition coefficient (Wildman–Crippen LogP) is 4.73. The van der Waals surface area contributed by atoms with Gasteiger partial charge in [-0.05, 0) is 23.1 Å². The van der Waals surface area contributed by atoms with Gasteiger partial charge in [-0.3, -0.25) is 9.59 Å². The molecule has 0 unspecified atom stereocenters.